The standard InChI is InChI=1S/C19H19FN4OS/c1-14-22-23-19(24(14)12-16-5-3-2-4-6-16)26-13-18(25)21-11-15-7-9-17(20)10-8-15/h2-10H,11-13H2,1H3,(H,21,25). The van der Waals surface area contributed by atoms with Crippen LogP contribution in [0.4, 0.5) is 4.39 Å². The van der Waals surface area contributed by atoms with Crippen molar-refractivity contribution in [1.29, 1.82) is 0 Å². The Kier molecular flexibility index (Phi) is 6.01. The summed E-state index contributed by atoms with van der Waals surface area (Å²) in [7, 11) is 0. The van der Waals surface area contributed by atoms with Gasteiger partial charge in [0.2, 0.25) is 5.91 Å². The van der Waals surface area contributed by atoms with Crippen LogP contribution in [0.2, 0.25) is 0 Å². The van der Waals surface area contributed by atoms with Gasteiger partial charge in [0.05, 0.1) is 12.3 Å². The highest BCUT2D eigenvalue weighted by Crippen LogP contribution is 2.18. The second-order valence-corrected chi connectivity index (χ2v) is 6.74. The molecule has 0 aliphatic rings. The van der Waals surface area contributed by atoms with E-state index in [1.165, 1.54) is 23.9 Å². The zero-order valence-corrected chi connectivity index (χ0v) is 15.2. The van der Waals surface area contributed by atoms with Crippen LogP contribution in [0.1, 0.15) is 17.0 Å². The number of nitrogens with zero attached hydrogens (tertiary/aromatic N) is 3. The van der Waals surface area contributed by atoms with Crippen molar-refractivity contribution >= 4 is 17.7 Å². The predicted molar refractivity (Wildman–Crippen MR) is 99.3 cm³/mol. The van der Waals surface area contributed by atoms with Gasteiger partial charge in [0.1, 0.15) is 11.6 Å². The maximum atomic E-state index is 12.9. The predicted octanol–water partition coefficient (Wildman–Crippen LogP) is 3.18. The van der Waals surface area contributed by atoms with E-state index in [1.54, 1.807) is 12.1 Å². The Morgan fingerprint density at radius 2 is 1.81 bits per heavy atom. The van der Waals surface area contributed by atoms with Gasteiger partial charge in [-0.05, 0) is 30.2 Å². The minimum absolute atomic E-state index is 0.105. The number of hydrogen-bond acceptors (Lipinski definition) is 4. The van der Waals surface area contributed by atoms with Crippen molar-refractivity contribution in [2.24, 2.45) is 0 Å². The lowest BCUT2D eigenvalue weighted by Crippen LogP contribution is -2.24. The highest BCUT2D eigenvalue weighted by molar-refractivity contribution is 7.99. The van der Waals surface area contributed by atoms with E-state index in [-0.39, 0.29) is 17.5 Å². The van der Waals surface area contributed by atoms with Crippen LogP contribution < -0.4 is 5.32 Å². The largest absolute Gasteiger partial charge is 0.351 e. The normalized spacial score (nSPS) is 10.7. The molecule has 0 aliphatic heterocycles. The van der Waals surface area contributed by atoms with E-state index in [4.69, 9.17) is 0 Å². The van der Waals surface area contributed by atoms with E-state index in [2.05, 4.69) is 15.5 Å². The highest BCUT2D eigenvalue weighted by Gasteiger charge is 2.12. The lowest BCUT2D eigenvalue weighted by molar-refractivity contribution is -0.118. The van der Waals surface area contributed by atoms with Gasteiger partial charge >= 0.3 is 0 Å². The van der Waals surface area contributed by atoms with Crippen molar-refractivity contribution in [2.45, 2.75) is 25.2 Å². The lowest BCUT2D eigenvalue weighted by atomic mass is 10.2. The van der Waals surface area contributed by atoms with Crippen LogP contribution >= 0.6 is 11.8 Å². The molecule has 0 radical (unpaired) electrons. The average Bonchev–Trinajstić information content (AvgIpc) is 3.00. The van der Waals surface area contributed by atoms with E-state index < -0.39 is 0 Å². The van der Waals surface area contributed by atoms with E-state index in [0.717, 1.165) is 17.0 Å². The molecule has 7 heteroatoms. The fraction of sp³-hybridized carbons (Fsp3) is 0.211. The van der Waals surface area contributed by atoms with Crippen molar-refractivity contribution in [1.82, 2.24) is 20.1 Å². The summed E-state index contributed by atoms with van der Waals surface area (Å²) in [5.41, 5.74) is 2.01. The van der Waals surface area contributed by atoms with Crippen molar-refractivity contribution in [2.75, 3.05) is 5.75 Å². The molecule has 0 unspecified atom stereocenters. The van der Waals surface area contributed by atoms with E-state index in [1.807, 2.05) is 41.8 Å². The Hall–Kier alpha value is -2.67. The molecule has 2 aromatic carbocycles. The SMILES string of the molecule is Cc1nnc(SCC(=O)NCc2ccc(F)cc2)n1Cc1ccccc1. The number of aromatic nitrogens is 3. The topological polar surface area (TPSA) is 59.8 Å². The average molecular weight is 370 g/mol. The fourth-order valence-corrected chi connectivity index (χ4v) is 3.21. The van der Waals surface area contributed by atoms with Gasteiger partial charge in [-0.15, -0.1) is 10.2 Å². The van der Waals surface area contributed by atoms with Crippen LogP contribution in [-0.2, 0) is 17.9 Å². The zero-order chi connectivity index (χ0) is 18.4. The van der Waals surface area contributed by atoms with Crippen LogP contribution in [0.5, 0.6) is 0 Å². The summed E-state index contributed by atoms with van der Waals surface area (Å²) < 4.78 is 14.9. The summed E-state index contributed by atoms with van der Waals surface area (Å²) in [4.78, 5) is 12.1. The van der Waals surface area contributed by atoms with Gasteiger partial charge in [0.15, 0.2) is 5.16 Å². The number of hydrogen-bond donors (Lipinski definition) is 1. The van der Waals surface area contributed by atoms with Crippen LogP contribution in [-0.4, -0.2) is 26.4 Å². The van der Waals surface area contributed by atoms with Gasteiger partial charge in [0, 0.05) is 6.54 Å². The first kappa shape index (κ1) is 18.1. The second-order valence-electron chi connectivity index (χ2n) is 5.79. The van der Waals surface area contributed by atoms with Gasteiger partial charge < -0.3 is 9.88 Å². The van der Waals surface area contributed by atoms with Crippen LogP contribution in [0.25, 0.3) is 0 Å². The van der Waals surface area contributed by atoms with Crippen molar-refractivity contribution in [3.8, 4) is 0 Å². The Morgan fingerprint density at radius 1 is 1.08 bits per heavy atom. The number of amides is 1. The van der Waals surface area contributed by atoms with Gasteiger partial charge in [-0.25, -0.2) is 4.39 Å². The summed E-state index contributed by atoms with van der Waals surface area (Å²) in [5, 5.41) is 11.8. The summed E-state index contributed by atoms with van der Waals surface area (Å²) in [6.45, 7) is 2.93. The van der Waals surface area contributed by atoms with Crippen LogP contribution in [0.15, 0.2) is 59.8 Å². The summed E-state index contributed by atoms with van der Waals surface area (Å²) in [6.07, 6.45) is 0. The minimum Gasteiger partial charge on any atom is -0.351 e. The molecule has 0 bridgehead atoms. The molecule has 0 fully saturated rings. The Labute approximate surface area is 155 Å². The molecule has 3 aromatic rings. The maximum Gasteiger partial charge on any atom is 0.230 e. The van der Waals surface area contributed by atoms with Gasteiger partial charge in [-0.2, -0.15) is 0 Å². The van der Waals surface area contributed by atoms with Crippen molar-refractivity contribution in [3.63, 3.8) is 0 Å². The molecule has 5 nitrogen and oxygen atoms in total. The molecular formula is C19H19FN4OS. The monoisotopic (exact) mass is 370 g/mol. The van der Waals surface area contributed by atoms with Crippen molar-refractivity contribution in [3.05, 3.63) is 77.4 Å². The molecule has 1 aromatic heterocycles. The first-order valence-corrected chi connectivity index (χ1v) is 9.18. The number of carbonyl (C=O) groups is 1. The fourth-order valence-electron chi connectivity index (χ4n) is 2.40. The molecule has 3 rings (SSSR count). The number of nitrogens with one attached hydrogen (secondary N) is 1. The first-order chi connectivity index (χ1) is 12.6. The Balaban J connectivity index is 1.54. The summed E-state index contributed by atoms with van der Waals surface area (Å²) in [6, 6.07) is 16.1. The minimum atomic E-state index is -0.288. The number of carbonyl (C=O) groups excluding carboxylic acids is 1. The molecular weight excluding hydrogens is 351 g/mol. The number of benzene rings is 2. The molecule has 1 heterocycles. The first-order valence-electron chi connectivity index (χ1n) is 8.19. The quantitative estimate of drug-likeness (QED) is 0.649. The summed E-state index contributed by atoms with van der Waals surface area (Å²) in [5.74, 6) is 0.659. The number of rotatable bonds is 7. The van der Waals surface area contributed by atoms with Gasteiger partial charge in [-0.1, -0.05) is 54.2 Å². The van der Waals surface area contributed by atoms with Crippen LogP contribution in [0.3, 0.4) is 0 Å². The van der Waals surface area contributed by atoms with Gasteiger partial charge in [-0.3, -0.25) is 4.79 Å². The van der Waals surface area contributed by atoms with Crippen molar-refractivity contribution < 1.29 is 9.18 Å². The van der Waals surface area contributed by atoms with E-state index >= 15 is 0 Å². The molecule has 0 aliphatic carbocycles. The Morgan fingerprint density at radius 3 is 2.54 bits per heavy atom. The third-order valence-corrected chi connectivity index (χ3v) is 4.79. The lowest BCUT2D eigenvalue weighted by Gasteiger charge is -2.09. The number of aryl methyl sites for hydroxylation is 1. The molecule has 0 saturated carbocycles. The van der Waals surface area contributed by atoms with E-state index in [9.17, 15) is 9.18 Å². The summed E-state index contributed by atoms with van der Waals surface area (Å²) >= 11 is 1.35. The number of halogens is 1. The molecule has 134 valence electrons. The second kappa shape index (κ2) is 8.62. The van der Waals surface area contributed by atoms with Gasteiger partial charge in [0.25, 0.3) is 0 Å². The molecule has 1 amide bonds. The smallest absolute Gasteiger partial charge is 0.230 e. The maximum absolute atomic E-state index is 12.9. The zero-order valence-electron chi connectivity index (χ0n) is 14.4. The number of thioether (sulfide) groups is 1. The molecule has 26 heavy (non-hydrogen) atoms. The Bertz CT molecular complexity index is 865. The molecule has 0 saturated heterocycles. The molecule has 1 N–H and O–H groups in total. The van der Waals surface area contributed by atoms with E-state index in [0.29, 0.717) is 18.2 Å². The molecule has 0 spiro atoms. The molecule has 0 atom stereocenters. The van der Waals surface area contributed by atoms with Crippen LogP contribution in [0, 0.1) is 12.7 Å². The highest BCUT2D eigenvalue weighted by atomic mass is 32.2. The third kappa shape index (κ3) is 4.92. The third-order valence-electron chi connectivity index (χ3n) is 3.82.